The summed E-state index contributed by atoms with van der Waals surface area (Å²) < 4.78 is 7.85. The number of ether oxygens (including phenoxy) is 1. The Labute approximate surface area is 200 Å². The summed E-state index contributed by atoms with van der Waals surface area (Å²) >= 11 is 0. The Morgan fingerprint density at radius 3 is 2.47 bits per heavy atom. The third-order valence-corrected chi connectivity index (χ3v) is 5.63. The van der Waals surface area contributed by atoms with Crippen molar-refractivity contribution in [3.05, 3.63) is 58.9 Å². The molecule has 0 saturated heterocycles. The predicted octanol–water partition coefficient (Wildman–Crippen LogP) is 4.45. The zero-order chi connectivity index (χ0) is 24.8. The van der Waals surface area contributed by atoms with Crippen LogP contribution in [0.5, 0.6) is 5.75 Å². The summed E-state index contributed by atoms with van der Waals surface area (Å²) in [7, 11) is 1.79. The first kappa shape index (κ1) is 25.1. The van der Waals surface area contributed by atoms with Crippen LogP contribution in [0.1, 0.15) is 72.6 Å². The fraction of sp³-hybridized carbons (Fsp3) is 0.407. The van der Waals surface area contributed by atoms with Crippen LogP contribution in [0.3, 0.4) is 0 Å². The molecular weight excluding hydrogens is 430 g/mol. The standard InChI is InChI=1S/C27H33N3O4/c1-6-22-20(16-23(32)19-12-8-7-9-13-19)15-21-25(34-17(2)3)24(30(5)26(21)29-22)27(33)28-14-10-11-18(4)31/h7-9,12-13,15,17H,6,10-11,14,16H2,1-5H3,(H,28,33). The highest BCUT2D eigenvalue weighted by Gasteiger charge is 2.26. The van der Waals surface area contributed by atoms with Crippen LogP contribution >= 0.6 is 0 Å². The minimum atomic E-state index is -0.278. The summed E-state index contributed by atoms with van der Waals surface area (Å²) in [5, 5.41) is 3.60. The average Bonchev–Trinajstić information content (AvgIpc) is 3.06. The number of hydrogen-bond donors (Lipinski definition) is 1. The molecule has 1 N–H and O–H groups in total. The molecule has 7 nitrogen and oxygen atoms in total. The van der Waals surface area contributed by atoms with Gasteiger partial charge in [-0.3, -0.25) is 9.59 Å². The summed E-state index contributed by atoms with van der Waals surface area (Å²) in [5.41, 5.74) is 3.32. The van der Waals surface area contributed by atoms with Crippen LogP contribution < -0.4 is 10.1 Å². The number of Topliss-reactive ketones (excluding diaryl/α,β-unsaturated/α-hetero) is 2. The van der Waals surface area contributed by atoms with Gasteiger partial charge >= 0.3 is 0 Å². The van der Waals surface area contributed by atoms with Gasteiger partial charge in [-0.2, -0.15) is 0 Å². The van der Waals surface area contributed by atoms with Crippen LogP contribution in [-0.2, 0) is 24.7 Å². The van der Waals surface area contributed by atoms with Gasteiger partial charge < -0.3 is 19.4 Å². The van der Waals surface area contributed by atoms with Crippen LogP contribution in [0.4, 0.5) is 0 Å². The van der Waals surface area contributed by atoms with Crippen LogP contribution in [0.15, 0.2) is 36.4 Å². The van der Waals surface area contributed by atoms with E-state index in [0.29, 0.717) is 53.8 Å². The van der Waals surface area contributed by atoms with E-state index in [2.05, 4.69) is 5.32 Å². The lowest BCUT2D eigenvalue weighted by molar-refractivity contribution is -0.117. The molecule has 0 aliphatic rings. The Morgan fingerprint density at radius 2 is 1.85 bits per heavy atom. The molecular formula is C27H33N3O4. The fourth-order valence-corrected chi connectivity index (χ4v) is 3.98. The van der Waals surface area contributed by atoms with Gasteiger partial charge in [0.1, 0.15) is 11.4 Å². The molecule has 7 heteroatoms. The molecule has 1 aromatic carbocycles. The van der Waals surface area contributed by atoms with Crippen molar-refractivity contribution >= 4 is 28.5 Å². The molecule has 180 valence electrons. The number of pyridine rings is 1. The number of carbonyl (C=O) groups is 3. The van der Waals surface area contributed by atoms with E-state index in [1.807, 2.05) is 57.2 Å². The maximum Gasteiger partial charge on any atom is 0.271 e. The topological polar surface area (TPSA) is 90.3 Å². The number of nitrogens with one attached hydrogen (secondary N) is 1. The van der Waals surface area contributed by atoms with Crippen molar-refractivity contribution in [2.75, 3.05) is 6.54 Å². The number of hydrogen-bond acceptors (Lipinski definition) is 5. The number of ketones is 2. The Kier molecular flexibility index (Phi) is 8.21. The third kappa shape index (κ3) is 5.71. The normalized spacial score (nSPS) is 11.1. The molecule has 0 bridgehead atoms. The molecule has 34 heavy (non-hydrogen) atoms. The Morgan fingerprint density at radius 1 is 1.15 bits per heavy atom. The minimum Gasteiger partial charge on any atom is -0.488 e. The summed E-state index contributed by atoms with van der Waals surface area (Å²) in [4.78, 5) is 42.0. The molecule has 0 unspecified atom stereocenters. The van der Waals surface area contributed by atoms with E-state index >= 15 is 0 Å². The number of benzene rings is 1. The molecule has 0 saturated carbocycles. The van der Waals surface area contributed by atoms with E-state index in [1.54, 1.807) is 11.6 Å². The van der Waals surface area contributed by atoms with Crippen molar-refractivity contribution in [1.82, 2.24) is 14.9 Å². The zero-order valence-corrected chi connectivity index (χ0v) is 20.6. The highest BCUT2D eigenvalue weighted by molar-refractivity contribution is 6.04. The van der Waals surface area contributed by atoms with E-state index in [4.69, 9.17) is 9.72 Å². The maximum atomic E-state index is 13.1. The second-order valence-corrected chi connectivity index (χ2v) is 8.75. The molecule has 0 radical (unpaired) electrons. The molecule has 0 aliphatic carbocycles. The first-order chi connectivity index (χ1) is 16.2. The quantitative estimate of drug-likeness (QED) is 0.335. The molecule has 2 heterocycles. The largest absolute Gasteiger partial charge is 0.488 e. The van der Waals surface area contributed by atoms with Gasteiger partial charge in [0.15, 0.2) is 17.2 Å². The number of fused-ring (bicyclic) bond motifs is 1. The Bertz CT molecular complexity index is 1200. The minimum absolute atomic E-state index is 0.0159. The summed E-state index contributed by atoms with van der Waals surface area (Å²) in [5.74, 6) is 0.290. The molecule has 0 aliphatic heterocycles. The monoisotopic (exact) mass is 463 g/mol. The predicted molar refractivity (Wildman–Crippen MR) is 133 cm³/mol. The SMILES string of the molecule is CCc1nc2c(cc1CC(=O)c1ccccc1)c(OC(C)C)c(C(=O)NCCCC(C)=O)n2C. The molecule has 0 spiro atoms. The number of aryl methyl sites for hydroxylation is 2. The van der Waals surface area contributed by atoms with Crippen molar-refractivity contribution in [3.63, 3.8) is 0 Å². The van der Waals surface area contributed by atoms with E-state index in [1.165, 1.54) is 6.92 Å². The van der Waals surface area contributed by atoms with Crippen LogP contribution in [0, 0.1) is 0 Å². The highest BCUT2D eigenvalue weighted by Crippen LogP contribution is 2.34. The fourth-order valence-electron chi connectivity index (χ4n) is 3.98. The molecule has 3 rings (SSSR count). The number of amides is 1. The van der Waals surface area contributed by atoms with Crippen molar-refractivity contribution in [1.29, 1.82) is 0 Å². The second-order valence-electron chi connectivity index (χ2n) is 8.75. The maximum absolute atomic E-state index is 13.1. The van der Waals surface area contributed by atoms with Crippen LogP contribution in [-0.4, -0.2) is 39.7 Å². The lowest BCUT2D eigenvalue weighted by Crippen LogP contribution is -2.27. The lowest BCUT2D eigenvalue weighted by atomic mass is 10.00. The zero-order valence-electron chi connectivity index (χ0n) is 20.6. The van der Waals surface area contributed by atoms with Crippen LogP contribution in [0.25, 0.3) is 11.0 Å². The van der Waals surface area contributed by atoms with Crippen molar-refractivity contribution in [2.45, 2.75) is 59.5 Å². The first-order valence-corrected chi connectivity index (χ1v) is 11.8. The average molecular weight is 464 g/mol. The van der Waals surface area contributed by atoms with E-state index in [0.717, 1.165) is 11.3 Å². The van der Waals surface area contributed by atoms with Gasteiger partial charge in [0.05, 0.1) is 11.5 Å². The first-order valence-electron chi connectivity index (χ1n) is 11.8. The van der Waals surface area contributed by atoms with Crippen molar-refractivity contribution in [3.8, 4) is 5.75 Å². The number of rotatable bonds is 11. The number of carbonyl (C=O) groups excluding carboxylic acids is 3. The van der Waals surface area contributed by atoms with Gasteiger partial charge in [-0.15, -0.1) is 0 Å². The lowest BCUT2D eigenvalue weighted by Gasteiger charge is -2.13. The van der Waals surface area contributed by atoms with Gasteiger partial charge in [0.25, 0.3) is 5.91 Å². The Hall–Kier alpha value is -3.48. The molecule has 1 amide bonds. The van der Waals surface area contributed by atoms with Gasteiger partial charge in [0, 0.05) is 37.7 Å². The number of aromatic nitrogens is 2. The molecule has 0 fully saturated rings. The number of nitrogens with zero attached hydrogens (tertiary/aromatic N) is 2. The summed E-state index contributed by atoms with van der Waals surface area (Å²) in [6.07, 6.45) is 1.72. The van der Waals surface area contributed by atoms with Gasteiger partial charge in [-0.1, -0.05) is 37.3 Å². The van der Waals surface area contributed by atoms with E-state index in [-0.39, 0.29) is 30.0 Å². The molecule has 3 aromatic rings. The van der Waals surface area contributed by atoms with Crippen molar-refractivity contribution in [2.24, 2.45) is 7.05 Å². The van der Waals surface area contributed by atoms with E-state index < -0.39 is 0 Å². The summed E-state index contributed by atoms with van der Waals surface area (Å²) in [6.45, 7) is 7.74. The van der Waals surface area contributed by atoms with Crippen molar-refractivity contribution < 1.29 is 19.1 Å². The van der Waals surface area contributed by atoms with Crippen LogP contribution in [0.2, 0.25) is 0 Å². The third-order valence-electron chi connectivity index (χ3n) is 5.63. The molecule has 0 atom stereocenters. The molecule has 2 aromatic heterocycles. The second kappa shape index (κ2) is 11.1. The van der Waals surface area contributed by atoms with Gasteiger partial charge in [0.2, 0.25) is 0 Å². The summed E-state index contributed by atoms with van der Waals surface area (Å²) in [6, 6.07) is 11.1. The van der Waals surface area contributed by atoms with E-state index in [9.17, 15) is 14.4 Å². The Balaban J connectivity index is 2.02. The van der Waals surface area contributed by atoms with Gasteiger partial charge in [-0.25, -0.2) is 4.98 Å². The smallest absolute Gasteiger partial charge is 0.271 e. The van der Waals surface area contributed by atoms with Gasteiger partial charge in [-0.05, 0) is 45.2 Å². The highest BCUT2D eigenvalue weighted by atomic mass is 16.5.